The molecule has 9 nitrogen and oxygen atoms in total. The lowest BCUT2D eigenvalue weighted by molar-refractivity contribution is -0.161. The molecule has 0 aromatic heterocycles. The summed E-state index contributed by atoms with van der Waals surface area (Å²) in [5.74, 6) is -0.839. The summed E-state index contributed by atoms with van der Waals surface area (Å²) in [5, 5.41) is 0. The van der Waals surface area contributed by atoms with E-state index in [1.54, 1.807) is 0 Å². The smallest absolute Gasteiger partial charge is 0.462 e. The molecule has 0 aromatic rings. The molecule has 10 heteroatoms. The Kier molecular flexibility index (Phi) is 65.7. The van der Waals surface area contributed by atoms with Crippen molar-refractivity contribution >= 4 is 19.8 Å². The molecule has 0 rings (SSSR count). The number of carbonyl (C=O) groups excluding carboxylic acids is 2. The fraction of sp³-hybridized carbons (Fsp3) is 0.653. The Morgan fingerprint density at radius 1 is 0.365 bits per heavy atom. The van der Waals surface area contributed by atoms with Gasteiger partial charge in [0.25, 0.3) is 0 Å². The van der Waals surface area contributed by atoms with E-state index in [9.17, 15) is 19.0 Å². The minimum Gasteiger partial charge on any atom is -0.462 e. The third kappa shape index (κ3) is 68.9. The summed E-state index contributed by atoms with van der Waals surface area (Å²) in [4.78, 5) is 35.3. The molecule has 0 aliphatic carbocycles. The average Bonchev–Trinajstić information content (AvgIpc) is 3.52. The molecule has 0 heterocycles. The van der Waals surface area contributed by atoms with Gasteiger partial charge >= 0.3 is 19.8 Å². The zero-order chi connectivity index (χ0) is 61.6. The summed E-state index contributed by atoms with van der Waals surface area (Å²) in [6, 6.07) is 0. The first-order valence-corrected chi connectivity index (χ1v) is 35.8. The maximum absolute atomic E-state index is 12.8. The van der Waals surface area contributed by atoms with E-state index in [1.807, 2.05) is 0 Å². The van der Waals surface area contributed by atoms with Crippen LogP contribution in [0.1, 0.15) is 284 Å². The van der Waals surface area contributed by atoms with Gasteiger partial charge in [-0.05, 0) is 122 Å². The van der Waals surface area contributed by atoms with Crippen LogP contribution in [0.25, 0.3) is 0 Å². The highest BCUT2D eigenvalue weighted by molar-refractivity contribution is 7.47. The maximum Gasteiger partial charge on any atom is 0.472 e. The van der Waals surface area contributed by atoms with Gasteiger partial charge in [-0.1, -0.05) is 295 Å². The molecule has 2 atom stereocenters. The average molecular weight is 1200 g/mol. The minimum absolute atomic E-state index is 0.0464. The van der Waals surface area contributed by atoms with Gasteiger partial charge in [-0.2, -0.15) is 0 Å². The van der Waals surface area contributed by atoms with Crippen molar-refractivity contribution in [3.8, 4) is 0 Å². The van der Waals surface area contributed by atoms with Gasteiger partial charge in [0.15, 0.2) is 6.10 Å². The number of hydrogen-bond acceptors (Lipinski definition) is 8. The van der Waals surface area contributed by atoms with Crippen LogP contribution in [0.2, 0.25) is 0 Å². The summed E-state index contributed by atoms with van der Waals surface area (Å²) in [6.45, 7) is 3.61. The molecule has 484 valence electrons. The van der Waals surface area contributed by atoms with Crippen molar-refractivity contribution in [2.24, 2.45) is 5.73 Å². The van der Waals surface area contributed by atoms with Crippen molar-refractivity contribution in [2.45, 2.75) is 290 Å². The largest absolute Gasteiger partial charge is 0.472 e. The standard InChI is InChI=1S/C75H126NO8P/c1-3-5-7-9-11-13-15-17-19-21-23-25-27-28-29-30-31-32-33-34-35-36-37-38-39-40-41-42-43-44-46-48-50-52-54-56-58-60-62-64-66-68-75(78)84-73(72-83-85(79,80)82-70-69-76)71-81-74(77)67-65-63-61-59-57-55-53-51-49-47-45-26-24-22-20-18-16-14-12-10-8-6-4-2/h5,7,11,13,16-19,22-25,28-29,31-32,34-35,37-38,40-41,45,47,73H,3-4,6,8-10,12,14-15,20-21,26-27,30,33,36,39,42-44,46,48-72,76H2,1-2H3,(H,79,80)/b7-5-,13-11-,18-16-,19-17-,24-22-,25-23-,29-28-,32-31-,35-34-,38-37-,41-40-,47-45-. The molecule has 0 spiro atoms. The SMILES string of the molecule is CC/C=C\C/C=C\C/C=C\C/C=C\C/C=C\C/C=C\C/C=C\C/C=C\C/C=C\CCCCCCCCCCCCCCCC(=O)OC(COC(=O)CCCCCCCCCC/C=C\C/C=C\C/C=C\CCCCCCC)COP(=O)(O)OCCN. The van der Waals surface area contributed by atoms with E-state index in [0.29, 0.717) is 6.42 Å². The predicted octanol–water partition coefficient (Wildman–Crippen LogP) is 22.6. The highest BCUT2D eigenvalue weighted by atomic mass is 31.2. The molecule has 0 amide bonds. The van der Waals surface area contributed by atoms with E-state index < -0.39 is 26.5 Å². The van der Waals surface area contributed by atoms with E-state index in [4.69, 9.17) is 24.3 Å². The second-order valence-corrected chi connectivity index (χ2v) is 23.8. The second kappa shape index (κ2) is 69.0. The quantitative estimate of drug-likeness (QED) is 0.0264. The topological polar surface area (TPSA) is 134 Å². The van der Waals surface area contributed by atoms with Crippen molar-refractivity contribution in [1.29, 1.82) is 0 Å². The molecular formula is C75H126NO8P. The molecule has 0 radical (unpaired) electrons. The van der Waals surface area contributed by atoms with Crippen molar-refractivity contribution < 1.29 is 37.6 Å². The molecule has 0 saturated heterocycles. The third-order valence-corrected chi connectivity index (χ3v) is 15.2. The van der Waals surface area contributed by atoms with E-state index in [-0.39, 0.29) is 38.6 Å². The van der Waals surface area contributed by atoms with Crippen LogP contribution in [0.5, 0.6) is 0 Å². The number of rotatable bonds is 63. The normalized spacial score (nSPS) is 13.9. The van der Waals surface area contributed by atoms with Crippen molar-refractivity contribution in [3.63, 3.8) is 0 Å². The number of carbonyl (C=O) groups is 2. The van der Waals surface area contributed by atoms with Crippen LogP contribution in [-0.4, -0.2) is 49.3 Å². The highest BCUT2D eigenvalue weighted by Gasteiger charge is 2.26. The molecule has 0 aliphatic rings. The molecular weight excluding hydrogens is 1070 g/mol. The summed E-state index contributed by atoms with van der Waals surface area (Å²) >= 11 is 0. The molecule has 0 fully saturated rings. The van der Waals surface area contributed by atoms with Crippen LogP contribution < -0.4 is 5.73 Å². The molecule has 0 aliphatic heterocycles. The Hall–Kier alpha value is -4.11. The second-order valence-electron chi connectivity index (χ2n) is 22.3. The van der Waals surface area contributed by atoms with Crippen molar-refractivity contribution in [1.82, 2.24) is 0 Å². The zero-order valence-electron chi connectivity index (χ0n) is 54.3. The fourth-order valence-electron chi connectivity index (χ4n) is 9.17. The van der Waals surface area contributed by atoms with Gasteiger partial charge in [-0.15, -0.1) is 0 Å². The number of phosphoric ester groups is 1. The number of nitrogens with two attached hydrogens (primary N) is 1. The lowest BCUT2D eigenvalue weighted by Crippen LogP contribution is -2.29. The van der Waals surface area contributed by atoms with Crippen LogP contribution in [0.3, 0.4) is 0 Å². The third-order valence-electron chi connectivity index (χ3n) is 14.2. The predicted molar refractivity (Wildman–Crippen MR) is 367 cm³/mol. The van der Waals surface area contributed by atoms with Crippen LogP contribution in [0.15, 0.2) is 146 Å². The summed E-state index contributed by atoms with van der Waals surface area (Å²) in [6.07, 6.45) is 99.2. The number of phosphoric acid groups is 1. The van der Waals surface area contributed by atoms with Gasteiger partial charge in [0, 0.05) is 19.4 Å². The van der Waals surface area contributed by atoms with E-state index in [0.717, 1.165) is 122 Å². The minimum atomic E-state index is -4.40. The Balaban J connectivity index is 3.93. The van der Waals surface area contributed by atoms with Gasteiger partial charge in [0.2, 0.25) is 0 Å². The molecule has 85 heavy (non-hydrogen) atoms. The van der Waals surface area contributed by atoms with Gasteiger partial charge in [-0.25, -0.2) is 4.57 Å². The molecule has 0 saturated carbocycles. The zero-order valence-corrected chi connectivity index (χ0v) is 55.2. The number of esters is 2. The Bertz CT molecular complexity index is 1900. The maximum atomic E-state index is 12.8. The van der Waals surface area contributed by atoms with Gasteiger partial charge in [0.1, 0.15) is 6.61 Å². The monoisotopic (exact) mass is 1200 g/mol. The number of hydrogen-bond donors (Lipinski definition) is 2. The van der Waals surface area contributed by atoms with Gasteiger partial charge in [0.05, 0.1) is 13.2 Å². The number of unbranched alkanes of at least 4 members (excludes halogenated alkanes) is 26. The van der Waals surface area contributed by atoms with Gasteiger partial charge in [-0.3, -0.25) is 18.6 Å². The van der Waals surface area contributed by atoms with Crippen LogP contribution in [0.4, 0.5) is 0 Å². The molecule has 2 unspecified atom stereocenters. The van der Waals surface area contributed by atoms with E-state index in [1.165, 1.54) is 128 Å². The fourth-order valence-corrected chi connectivity index (χ4v) is 9.93. The molecule has 0 bridgehead atoms. The Morgan fingerprint density at radius 3 is 0.965 bits per heavy atom. The van der Waals surface area contributed by atoms with Crippen LogP contribution >= 0.6 is 7.82 Å². The summed E-state index contributed by atoms with van der Waals surface area (Å²) in [5.41, 5.74) is 5.40. The first kappa shape index (κ1) is 80.9. The van der Waals surface area contributed by atoms with E-state index in [2.05, 4.69) is 160 Å². The molecule has 3 N–H and O–H groups in total. The number of allylic oxidation sites excluding steroid dienone is 24. The van der Waals surface area contributed by atoms with Crippen molar-refractivity contribution in [2.75, 3.05) is 26.4 Å². The van der Waals surface area contributed by atoms with Crippen LogP contribution in [-0.2, 0) is 32.7 Å². The van der Waals surface area contributed by atoms with E-state index >= 15 is 0 Å². The Morgan fingerprint density at radius 2 is 0.647 bits per heavy atom. The van der Waals surface area contributed by atoms with Crippen molar-refractivity contribution in [3.05, 3.63) is 146 Å². The first-order valence-electron chi connectivity index (χ1n) is 34.3. The summed E-state index contributed by atoms with van der Waals surface area (Å²) < 4.78 is 33.1. The molecule has 0 aromatic carbocycles. The lowest BCUT2D eigenvalue weighted by Gasteiger charge is -2.19. The lowest BCUT2D eigenvalue weighted by atomic mass is 10.0. The number of ether oxygens (including phenoxy) is 2. The van der Waals surface area contributed by atoms with Crippen LogP contribution in [0, 0.1) is 0 Å². The Labute approximate surface area is 522 Å². The highest BCUT2D eigenvalue weighted by Crippen LogP contribution is 2.43. The summed E-state index contributed by atoms with van der Waals surface area (Å²) in [7, 11) is -4.40. The van der Waals surface area contributed by atoms with Gasteiger partial charge < -0.3 is 20.1 Å². The first-order chi connectivity index (χ1) is 41.8.